The predicted octanol–water partition coefficient (Wildman–Crippen LogP) is 2.64. The van der Waals surface area contributed by atoms with Crippen LogP contribution in [0.25, 0.3) is 0 Å². The van der Waals surface area contributed by atoms with Crippen LogP contribution in [0.2, 0.25) is 0 Å². The molecule has 0 bridgehead atoms. The molecular formula is C13H21NO2. The van der Waals surface area contributed by atoms with Crippen LogP contribution >= 0.6 is 0 Å². The number of rotatable bonds is 6. The first-order valence-corrected chi connectivity index (χ1v) is 6.21. The highest BCUT2D eigenvalue weighted by molar-refractivity contribution is 5.13. The monoisotopic (exact) mass is 223 g/mol. The van der Waals surface area contributed by atoms with Gasteiger partial charge in [0.05, 0.1) is 25.5 Å². The Hall–Kier alpha value is -0.800. The molecule has 1 heterocycles. The molecule has 1 fully saturated rings. The first-order chi connectivity index (χ1) is 7.86. The Morgan fingerprint density at radius 3 is 2.94 bits per heavy atom. The van der Waals surface area contributed by atoms with Crippen molar-refractivity contribution in [1.82, 2.24) is 5.32 Å². The third-order valence-electron chi connectivity index (χ3n) is 3.19. The lowest BCUT2D eigenvalue weighted by molar-refractivity contribution is 0.0601. The van der Waals surface area contributed by atoms with E-state index in [2.05, 4.69) is 12.2 Å². The van der Waals surface area contributed by atoms with Crippen molar-refractivity contribution >= 4 is 0 Å². The molecule has 1 aliphatic rings. The summed E-state index contributed by atoms with van der Waals surface area (Å²) in [5.74, 6) is 1.03. The van der Waals surface area contributed by atoms with Gasteiger partial charge in [-0.05, 0) is 31.4 Å². The maximum Gasteiger partial charge on any atom is 0.120 e. The van der Waals surface area contributed by atoms with Crippen LogP contribution in [0.4, 0.5) is 0 Å². The lowest BCUT2D eigenvalue weighted by Gasteiger charge is -2.11. The number of hydrogen-bond donors (Lipinski definition) is 1. The van der Waals surface area contributed by atoms with E-state index in [4.69, 9.17) is 9.15 Å². The molecule has 0 spiro atoms. The standard InChI is InChI=1S/C13H21NO2/c1-11-6-8-16-13(11)10-14-7-9-15-12-4-2-3-5-12/h6,8,12,14H,2-5,7,9-10H2,1H3. The molecule has 1 aromatic rings. The van der Waals surface area contributed by atoms with Gasteiger partial charge in [-0.3, -0.25) is 0 Å². The molecule has 0 saturated heterocycles. The van der Waals surface area contributed by atoms with Crippen LogP contribution in [0.1, 0.15) is 37.0 Å². The Labute approximate surface area is 97.2 Å². The van der Waals surface area contributed by atoms with E-state index in [9.17, 15) is 0 Å². The van der Waals surface area contributed by atoms with E-state index < -0.39 is 0 Å². The Kier molecular flexibility index (Phi) is 4.43. The van der Waals surface area contributed by atoms with E-state index in [1.807, 2.05) is 6.07 Å². The van der Waals surface area contributed by atoms with E-state index in [-0.39, 0.29) is 0 Å². The van der Waals surface area contributed by atoms with Gasteiger partial charge in [-0.2, -0.15) is 0 Å². The summed E-state index contributed by atoms with van der Waals surface area (Å²) >= 11 is 0. The second-order valence-electron chi connectivity index (χ2n) is 4.48. The van der Waals surface area contributed by atoms with Crippen LogP contribution in [-0.2, 0) is 11.3 Å². The smallest absolute Gasteiger partial charge is 0.120 e. The SMILES string of the molecule is Cc1ccoc1CNCCOC1CCCC1. The molecule has 0 radical (unpaired) electrons. The Morgan fingerprint density at radius 2 is 2.25 bits per heavy atom. The second-order valence-corrected chi connectivity index (χ2v) is 4.48. The highest BCUT2D eigenvalue weighted by atomic mass is 16.5. The van der Waals surface area contributed by atoms with E-state index in [0.717, 1.165) is 25.5 Å². The van der Waals surface area contributed by atoms with Crippen LogP contribution in [0, 0.1) is 6.92 Å². The lowest BCUT2D eigenvalue weighted by Crippen LogP contribution is -2.21. The number of hydrogen-bond acceptors (Lipinski definition) is 3. The van der Waals surface area contributed by atoms with Crippen LogP contribution in [0.15, 0.2) is 16.7 Å². The molecule has 2 rings (SSSR count). The van der Waals surface area contributed by atoms with Gasteiger partial charge in [-0.25, -0.2) is 0 Å². The average molecular weight is 223 g/mol. The van der Waals surface area contributed by atoms with Gasteiger partial charge in [0.15, 0.2) is 0 Å². The average Bonchev–Trinajstić information content (AvgIpc) is 2.90. The molecule has 0 atom stereocenters. The molecule has 1 aliphatic carbocycles. The molecule has 3 nitrogen and oxygen atoms in total. The van der Waals surface area contributed by atoms with Crippen molar-refractivity contribution in [1.29, 1.82) is 0 Å². The van der Waals surface area contributed by atoms with Gasteiger partial charge >= 0.3 is 0 Å². The third-order valence-corrected chi connectivity index (χ3v) is 3.19. The molecule has 0 aliphatic heterocycles. The minimum Gasteiger partial charge on any atom is -0.468 e. The zero-order valence-corrected chi connectivity index (χ0v) is 10.00. The molecule has 0 aromatic carbocycles. The molecule has 3 heteroatoms. The molecule has 90 valence electrons. The van der Waals surface area contributed by atoms with Crippen LogP contribution in [0.5, 0.6) is 0 Å². The highest BCUT2D eigenvalue weighted by Crippen LogP contribution is 2.20. The number of furan rings is 1. The molecule has 16 heavy (non-hydrogen) atoms. The minimum absolute atomic E-state index is 0.521. The summed E-state index contributed by atoms with van der Waals surface area (Å²) in [7, 11) is 0. The summed E-state index contributed by atoms with van der Waals surface area (Å²) in [6.07, 6.45) is 7.43. The summed E-state index contributed by atoms with van der Waals surface area (Å²) in [6, 6.07) is 1.99. The fourth-order valence-corrected chi connectivity index (χ4v) is 2.14. The number of ether oxygens (including phenoxy) is 1. The normalized spacial score (nSPS) is 17.1. The first kappa shape index (κ1) is 11.7. The number of nitrogens with one attached hydrogen (secondary N) is 1. The van der Waals surface area contributed by atoms with E-state index >= 15 is 0 Å². The number of aryl methyl sites for hydroxylation is 1. The van der Waals surface area contributed by atoms with Crippen LogP contribution in [0.3, 0.4) is 0 Å². The fourth-order valence-electron chi connectivity index (χ4n) is 2.14. The second kappa shape index (κ2) is 6.06. The molecule has 0 unspecified atom stereocenters. The van der Waals surface area contributed by atoms with Crippen LogP contribution < -0.4 is 5.32 Å². The summed E-state index contributed by atoms with van der Waals surface area (Å²) in [6.45, 7) is 4.57. The minimum atomic E-state index is 0.521. The quantitative estimate of drug-likeness (QED) is 0.753. The fraction of sp³-hybridized carbons (Fsp3) is 0.692. The van der Waals surface area contributed by atoms with Crippen molar-refractivity contribution in [3.05, 3.63) is 23.7 Å². The van der Waals surface area contributed by atoms with Crippen molar-refractivity contribution in [2.45, 2.75) is 45.3 Å². The summed E-state index contributed by atoms with van der Waals surface area (Å²) in [5.41, 5.74) is 1.21. The highest BCUT2D eigenvalue weighted by Gasteiger charge is 2.14. The third kappa shape index (κ3) is 3.35. The van der Waals surface area contributed by atoms with Crippen LogP contribution in [-0.4, -0.2) is 19.3 Å². The Morgan fingerprint density at radius 1 is 1.44 bits per heavy atom. The lowest BCUT2D eigenvalue weighted by atomic mass is 10.3. The maximum atomic E-state index is 5.76. The van der Waals surface area contributed by atoms with Crippen molar-refractivity contribution in [3.63, 3.8) is 0 Å². The summed E-state index contributed by atoms with van der Waals surface area (Å²) < 4.78 is 11.1. The molecule has 0 amide bonds. The molecule has 1 saturated carbocycles. The van der Waals surface area contributed by atoms with E-state index in [0.29, 0.717) is 6.10 Å². The maximum absolute atomic E-state index is 5.76. The zero-order chi connectivity index (χ0) is 11.2. The largest absolute Gasteiger partial charge is 0.468 e. The summed E-state index contributed by atoms with van der Waals surface area (Å²) in [5, 5.41) is 3.33. The van der Waals surface area contributed by atoms with Crippen molar-refractivity contribution in [2.24, 2.45) is 0 Å². The van der Waals surface area contributed by atoms with Gasteiger partial charge in [0.2, 0.25) is 0 Å². The first-order valence-electron chi connectivity index (χ1n) is 6.21. The van der Waals surface area contributed by atoms with Crippen molar-refractivity contribution in [2.75, 3.05) is 13.2 Å². The van der Waals surface area contributed by atoms with Gasteiger partial charge in [0, 0.05) is 6.54 Å². The topological polar surface area (TPSA) is 34.4 Å². The Balaban J connectivity index is 1.53. The van der Waals surface area contributed by atoms with Gasteiger partial charge in [-0.15, -0.1) is 0 Å². The Bertz CT molecular complexity index is 303. The summed E-state index contributed by atoms with van der Waals surface area (Å²) in [4.78, 5) is 0. The molecule has 1 N–H and O–H groups in total. The van der Waals surface area contributed by atoms with Crippen molar-refractivity contribution in [3.8, 4) is 0 Å². The molecular weight excluding hydrogens is 202 g/mol. The van der Waals surface area contributed by atoms with Gasteiger partial charge in [0.25, 0.3) is 0 Å². The van der Waals surface area contributed by atoms with E-state index in [1.165, 1.54) is 31.2 Å². The zero-order valence-electron chi connectivity index (χ0n) is 10.00. The van der Waals surface area contributed by atoms with Gasteiger partial charge in [-0.1, -0.05) is 12.8 Å². The van der Waals surface area contributed by atoms with E-state index in [1.54, 1.807) is 6.26 Å². The van der Waals surface area contributed by atoms with Gasteiger partial charge < -0.3 is 14.5 Å². The van der Waals surface area contributed by atoms with Gasteiger partial charge in [0.1, 0.15) is 5.76 Å². The predicted molar refractivity (Wildman–Crippen MR) is 63.4 cm³/mol. The molecule has 1 aromatic heterocycles. The van der Waals surface area contributed by atoms with Crippen molar-refractivity contribution < 1.29 is 9.15 Å².